The van der Waals surface area contributed by atoms with Crippen LogP contribution >= 0.6 is 11.3 Å². The third-order valence-electron chi connectivity index (χ3n) is 4.53. The molecule has 0 spiro atoms. The Morgan fingerprint density at radius 3 is 2.47 bits per heavy atom. The number of nitrogens with one attached hydrogen (secondary N) is 1. The van der Waals surface area contributed by atoms with Gasteiger partial charge in [0.25, 0.3) is 5.91 Å². The number of amides is 1. The third kappa shape index (κ3) is 4.72. The fourth-order valence-electron chi connectivity index (χ4n) is 2.90. The van der Waals surface area contributed by atoms with Crippen LogP contribution in [0.3, 0.4) is 0 Å². The van der Waals surface area contributed by atoms with Gasteiger partial charge in [0, 0.05) is 18.8 Å². The number of carbonyl (C=O) groups excluding carboxylic acids is 3. The first kappa shape index (κ1) is 23.2. The first-order valence-corrected chi connectivity index (χ1v) is 9.91. The second-order valence-corrected chi connectivity index (χ2v) is 7.39. The molecule has 3 aromatic rings. The van der Waals surface area contributed by atoms with E-state index in [0.29, 0.717) is 16.9 Å². The van der Waals surface area contributed by atoms with Crippen LogP contribution in [0.15, 0.2) is 17.5 Å². The first-order chi connectivity index (χ1) is 15.0. The zero-order valence-corrected chi connectivity index (χ0v) is 17.9. The highest BCUT2D eigenvalue weighted by Crippen LogP contribution is 2.32. The molecule has 0 unspecified atom stereocenters. The molecule has 0 saturated heterocycles. The highest BCUT2D eigenvalue weighted by molar-refractivity contribution is 7.10. The maximum absolute atomic E-state index is 12.8. The monoisotopic (exact) mass is 470 g/mol. The Kier molecular flexibility index (Phi) is 6.48. The summed E-state index contributed by atoms with van der Waals surface area (Å²) in [6, 6.07) is 2.84. The second kappa shape index (κ2) is 8.94. The van der Waals surface area contributed by atoms with Crippen LogP contribution in [0, 0.1) is 0 Å². The van der Waals surface area contributed by atoms with Gasteiger partial charge in [0.1, 0.15) is 11.5 Å². The minimum atomic E-state index is -4.67. The molecule has 13 heteroatoms. The summed E-state index contributed by atoms with van der Waals surface area (Å²) in [5.41, 5.74) is 0.443. The molecule has 0 aliphatic carbocycles. The molecule has 1 amide bonds. The zero-order valence-electron chi connectivity index (χ0n) is 17.1. The molecule has 0 fully saturated rings. The van der Waals surface area contributed by atoms with Crippen molar-refractivity contribution in [3.63, 3.8) is 0 Å². The maximum Gasteiger partial charge on any atom is 0.443 e. The summed E-state index contributed by atoms with van der Waals surface area (Å²) in [4.78, 5) is 43.9. The van der Waals surface area contributed by atoms with Crippen LogP contribution < -0.4 is 5.32 Å². The van der Waals surface area contributed by atoms with Crippen molar-refractivity contribution in [3.8, 4) is 0 Å². The highest BCUT2D eigenvalue weighted by atomic mass is 32.1. The summed E-state index contributed by atoms with van der Waals surface area (Å²) < 4.78 is 49.4. The Morgan fingerprint density at radius 1 is 1.16 bits per heavy atom. The topological polar surface area (TPSA) is 112 Å². The van der Waals surface area contributed by atoms with E-state index in [1.807, 2.05) is 0 Å². The number of nitrogens with zero attached hydrogens (tertiary/aromatic N) is 3. The number of carbonyl (C=O) groups is 3. The number of aromatic nitrogens is 3. The number of methoxy groups -OCH3 is 2. The average Bonchev–Trinajstić information content (AvgIpc) is 3.36. The zero-order chi connectivity index (χ0) is 23.6. The van der Waals surface area contributed by atoms with Gasteiger partial charge in [-0.3, -0.25) is 9.59 Å². The van der Waals surface area contributed by atoms with Crippen molar-refractivity contribution >= 4 is 45.9 Å². The molecule has 2 aromatic heterocycles. The molecule has 1 N–H and O–H groups in total. The lowest BCUT2D eigenvalue weighted by molar-refractivity contribution is -0.140. The van der Waals surface area contributed by atoms with Gasteiger partial charge in [0.15, 0.2) is 5.01 Å². The van der Waals surface area contributed by atoms with Gasteiger partial charge in [-0.05, 0) is 12.1 Å². The predicted molar refractivity (Wildman–Crippen MR) is 107 cm³/mol. The normalized spacial score (nSPS) is 11.4. The fraction of sp³-hybridized carbons (Fsp3) is 0.316. The number of hydrogen-bond donors (Lipinski definition) is 1. The number of imidazole rings is 1. The van der Waals surface area contributed by atoms with E-state index in [9.17, 15) is 27.6 Å². The Labute approximate surface area is 183 Å². The molecule has 170 valence electrons. The maximum atomic E-state index is 12.8. The Morgan fingerprint density at radius 2 is 1.88 bits per heavy atom. The molecule has 3 rings (SSSR count). The molecule has 0 saturated carbocycles. The van der Waals surface area contributed by atoms with E-state index in [4.69, 9.17) is 4.74 Å². The molecule has 0 atom stereocenters. The van der Waals surface area contributed by atoms with Crippen LogP contribution in [0.5, 0.6) is 0 Å². The van der Waals surface area contributed by atoms with Crippen LogP contribution in [0.2, 0.25) is 0 Å². The van der Waals surface area contributed by atoms with E-state index in [1.54, 1.807) is 11.6 Å². The molecule has 1 aromatic carbocycles. The van der Waals surface area contributed by atoms with E-state index in [-0.39, 0.29) is 35.4 Å². The first-order valence-electron chi connectivity index (χ1n) is 9.03. The number of halogens is 3. The van der Waals surface area contributed by atoms with E-state index < -0.39 is 34.7 Å². The summed E-state index contributed by atoms with van der Waals surface area (Å²) in [6.45, 7) is 0. The van der Waals surface area contributed by atoms with Gasteiger partial charge >= 0.3 is 18.1 Å². The highest BCUT2D eigenvalue weighted by Gasteiger charge is 2.35. The largest absolute Gasteiger partial charge is 0.469 e. The summed E-state index contributed by atoms with van der Waals surface area (Å²) in [5, 5.41) is 2.23. The quantitative estimate of drug-likeness (QED) is 0.551. The lowest BCUT2D eigenvalue weighted by Gasteiger charge is -2.10. The standard InChI is InChI=1S/C19H17F3N4O5S/c1-26-13-7-10(24-16(28)12-8-32-18(25-12)19(20,21)22)9(17(29)31-3)6-11(13)23-14(26)4-5-15(27)30-2/h6-8H,4-5H2,1-3H3,(H,24,28). The Hall–Kier alpha value is -3.48. The molecule has 9 nitrogen and oxygen atoms in total. The molecule has 2 heterocycles. The van der Waals surface area contributed by atoms with Gasteiger partial charge in [-0.2, -0.15) is 13.2 Å². The third-order valence-corrected chi connectivity index (χ3v) is 5.41. The van der Waals surface area contributed by atoms with Crippen LogP contribution in [-0.2, 0) is 33.9 Å². The minimum Gasteiger partial charge on any atom is -0.469 e. The summed E-state index contributed by atoms with van der Waals surface area (Å²) in [6.07, 6.45) is -4.31. The number of anilines is 1. The number of alkyl halides is 3. The van der Waals surface area contributed by atoms with E-state index >= 15 is 0 Å². The number of esters is 2. The van der Waals surface area contributed by atoms with Crippen LogP contribution in [0.1, 0.15) is 38.1 Å². The lowest BCUT2D eigenvalue weighted by atomic mass is 10.1. The molecule has 32 heavy (non-hydrogen) atoms. The molecular weight excluding hydrogens is 453 g/mol. The van der Waals surface area contributed by atoms with E-state index in [1.165, 1.54) is 19.2 Å². The van der Waals surface area contributed by atoms with Gasteiger partial charge in [-0.25, -0.2) is 14.8 Å². The van der Waals surface area contributed by atoms with Crippen molar-refractivity contribution < 1.29 is 37.0 Å². The van der Waals surface area contributed by atoms with Crippen molar-refractivity contribution in [2.75, 3.05) is 19.5 Å². The number of benzene rings is 1. The number of thiazole rings is 1. The van der Waals surface area contributed by atoms with Gasteiger partial charge in [0.05, 0.1) is 42.9 Å². The number of rotatable bonds is 6. The predicted octanol–water partition coefficient (Wildman–Crippen LogP) is 3.19. The number of hydrogen-bond acceptors (Lipinski definition) is 8. The summed E-state index contributed by atoms with van der Waals surface area (Å²) in [5.74, 6) is -1.59. The summed E-state index contributed by atoms with van der Waals surface area (Å²) in [7, 11) is 4.10. The van der Waals surface area contributed by atoms with Crippen LogP contribution in [0.4, 0.5) is 18.9 Å². The number of aryl methyl sites for hydroxylation is 2. The van der Waals surface area contributed by atoms with E-state index in [0.717, 1.165) is 12.5 Å². The number of ether oxygens (including phenoxy) is 2. The smallest absolute Gasteiger partial charge is 0.443 e. The SMILES string of the molecule is COC(=O)CCc1nc2cc(C(=O)OC)c(NC(=O)c3csc(C(F)(F)F)n3)cc2n1C. The van der Waals surface area contributed by atoms with Crippen LogP contribution in [-0.4, -0.2) is 46.6 Å². The lowest BCUT2D eigenvalue weighted by Crippen LogP contribution is -2.16. The van der Waals surface area contributed by atoms with Crippen molar-refractivity contribution in [1.82, 2.24) is 14.5 Å². The van der Waals surface area contributed by atoms with E-state index in [2.05, 4.69) is 20.0 Å². The van der Waals surface area contributed by atoms with Crippen molar-refractivity contribution in [3.05, 3.63) is 39.6 Å². The van der Waals surface area contributed by atoms with Crippen LogP contribution in [0.25, 0.3) is 11.0 Å². The van der Waals surface area contributed by atoms with Crippen molar-refractivity contribution in [1.29, 1.82) is 0 Å². The summed E-state index contributed by atoms with van der Waals surface area (Å²) >= 11 is 0.288. The van der Waals surface area contributed by atoms with Gasteiger partial charge in [-0.1, -0.05) is 0 Å². The molecular formula is C19H17F3N4O5S. The Balaban J connectivity index is 1.98. The number of fused-ring (bicyclic) bond motifs is 1. The van der Waals surface area contributed by atoms with Crippen molar-refractivity contribution in [2.45, 2.75) is 19.0 Å². The molecule has 0 radical (unpaired) electrons. The van der Waals surface area contributed by atoms with Gasteiger partial charge < -0.3 is 19.4 Å². The van der Waals surface area contributed by atoms with Crippen molar-refractivity contribution in [2.24, 2.45) is 7.05 Å². The minimum absolute atomic E-state index is 0.0124. The van der Waals surface area contributed by atoms with Gasteiger partial charge in [-0.15, -0.1) is 11.3 Å². The second-order valence-electron chi connectivity index (χ2n) is 6.53. The molecule has 0 aliphatic rings. The fourth-order valence-corrected chi connectivity index (χ4v) is 3.57. The Bertz CT molecular complexity index is 1200. The van der Waals surface area contributed by atoms with Gasteiger partial charge in [0.2, 0.25) is 0 Å². The molecule has 0 bridgehead atoms. The average molecular weight is 470 g/mol. The molecule has 0 aliphatic heterocycles.